The van der Waals surface area contributed by atoms with Crippen molar-refractivity contribution >= 4 is 29.2 Å². The van der Waals surface area contributed by atoms with Gasteiger partial charge in [-0.05, 0) is 0 Å². The highest BCUT2D eigenvalue weighted by Crippen LogP contribution is 1.92. The highest BCUT2D eigenvalue weighted by atomic mass is 35.5. The predicted molar refractivity (Wildman–Crippen MR) is 37.6 cm³/mol. The maximum absolute atomic E-state index is 10.6. The first-order valence-electron chi connectivity index (χ1n) is 2.26. The molecule has 0 aromatic heterocycles. The van der Waals surface area contributed by atoms with Gasteiger partial charge in [0.15, 0.2) is 0 Å². The Morgan fingerprint density at radius 2 is 2.20 bits per heavy atom. The number of nitroso groups, excluding NO2 is 1. The first-order valence-corrected chi connectivity index (χ1v) is 3.33. The van der Waals surface area contributed by atoms with Gasteiger partial charge in [-0.2, -0.15) is 5.01 Å². The summed E-state index contributed by atoms with van der Waals surface area (Å²) in [5, 5.41) is 4.93. The standard InChI is InChI=1S/C3H5Cl2N3O2/c4-1-6-3(9)8(2-5)7-10/h1-2H2,(H,6,9). The van der Waals surface area contributed by atoms with Crippen molar-refractivity contribution in [2.45, 2.75) is 0 Å². The van der Waals surface area contributed by atoms with Crippen molar-refractivity contribution in [1.82, 2.24) is 10.3 Å². The van der Waals surface area contributed by atoms with Crippen LogP contribution < -0.4 is 5.32 Å². The Morgan fingerprint density at radius 3 is 2.50 bits per heavy atom. The molecule has 0 aromatic rings. The number of rotatable bonds is 3. The molecule has 0 aliphatic rings. The normalized spacial score (nSPS) is 8.60. The van der Waals surface area contributed by atoms with E-state index in [9.17, 15) is 9.70 Å². The fourth-order valence-corrected chi connectivity index (χ4v) is 0.528. The number of alkyl halides is 2. The van der Waals surface area contributed by atoms with Gasteiger partial charge in [0, 0.05) is 0 Å². The van der Waals surface area contributed by atoms with Gasteiger partial charge >= 0.3 is 6.03 Å². The van der Waals surface area contributed by atoms with Gasteiger partial charge in [-0.1, -0.05) is 0 Å². The zero-order valence-corrected chi connectivity index (χ0v) is 6.39. The topological polar surface area (TPSA) is 61.8 Å². The van der Waals surface area contributed by atoms with Crippen molar-refractivity contribution < 1.29 is 4.79 Å². The summed E-state index contributed by atoms with van der Waals surface area (Å²) >= 11 is 10.2. The molecule has 0 radical (unpaired) electrons. The second-order valence-corrected chi connectivity index (χ2v) is 1.72. The van der Waals surface area contributed by atoms with E-state index in [-0.39, 0.29) is 12.0 Å². The molecule has 0 saturated heterocycles. The summed E-state index contributed by atoms with van der Waals surface area (Å²) in [6, 6.07) is -1.08. The number of urea groups is 1. The lowest BCUT2D eigenvalue weighted by Gasteiger charge is -2.07. The van der Waals surface area contributed by atoms with Crippen LogP contribution >= 0.6 is 23.2 Å². The van der Waals surface area contributed by atoms with Gasteiger partial charge in [0.25, 0.3) is 0 Å². The van der Waals surface area contributed by atoms with E-state index >= 15 is 0 Å². The van der Waals surface area contributed by atoms with Crippen molar-refractivity contribution in [3.8, 4) is 0 Å². The number of halogens is 2. The molecule has 0 fully saturated rings. The third-order valence-electron chi connectivity index (χ3n) is 0.664. The number of hydrogen-bond donors (Lipinski definition) is 1. The molecular formula is C3H5Cl2N3O2. The minimum Gasteiger partial charge on any atom is -0.323 e. The van der Waals surface area contributed by atoms with Crippen LogP contribution in [0.2, 0.25) is 0 Å². The van der Waals surface area contributed by atoms with Gasteiger partial charge < -0.3 is 5.32 Å². The van der Waals surface area contributed by atoms with Gasteiger partial charge in [-0.15, -0.1) is 28.1 Å². The van der Waals surface area contributed by atoms with Crippen LogP contribution in [0.4, 0.5) is 4.79 Å². The van der Waals surface area contributed by atoms with Crippen LogP contribution in [0, 0.1) is 4.91 Å². The average molecular weight is 186 g/mol. The number of hydrogen-bond acceptors (Lipinski definition) is 3. The van der Waals surface area contributed by atoms with Gasteiger partial charge in [-0.3, -0.25) is 0 Å². The van der Waals surface area contributed by atoms with Crippen LogP contribution in [0.5, 0.6) is 0 Å². The molecule has 58 valence electrons. The van der Waals surface area contributed by atoms with E-state index in [4.69, 9.17) is 23.2 Å². The van der Waals surface area contributed by atoms with E-state index in [1.54, 1.807) is 0 Å². The zero-order valence-electron chi connectivity index (χ0n) is 4.88. The summed E-state index contributed by atoms with van der Waals surface area (Å²) in [7, 11) is 0. The Bertz CT molecular complexity index is 131. The lowest BCUT2D eigenvalue weighted by Crippen LogP contribution is -2.34. The van der Waals surface area contributed by atoms with E-state index in [0.717, 1.165) is 0 Å². The molecule has 0 atom stereocenters. The van der Waals surface area contributed by atoms with Gasteiger partial charge in [0.2, 0.25) is 0 Å². The second kappa shape index (κ2) is 5.25. The van der Waals surface area contributed by atoms with Gasteiger partial charge in [0.1, 0.15) is 6.00 Å². The van der Waals surface area contributed by atoms with Crippen LogP contribution in [0.15, 0.2) is 5.29 Å². The smallest absolute Gasteiger partial charge is 0.323 e. The minimum atomic E-state index is -0.708. The maximum Gasteiger partial charge on any atom is 0.342 e. The zero-order chi connectivity index (χ0) is 7.98. The number of carbonyl (C=O) groups excluding carboxylic acids is 1. The van der Waals surface area contributed by atoms with E-state index in [0.29, 0.717) is 5.01 Å². The molecule has 0 heterocycles. The molecule has 0 aliphatic carbocycles. The Balaban J connectivity index is 3.76. The van der Waals surface area contributed by atoms with Crippen molar-refractivity contribution in [3.05, 3.63) is 4.91 Å². The average Bonchev–Trinajstić information content (AvgIpc) is 1.91. The molecule has 1 N–H and O–H groups in total. The van der Waals surface area contributed by atoms with Crippen LogP contribution in [-0.2, 0) is 0 Å². The number of nitrogens with one attached hydrogen (secondary N) is 1. The number of nitrogens with zero attached hydrogens (tertiary/aromatic N) is 2. The predicted octanol–water partition coefficient (Wildman–Crippen LogP) is 1.07. The van der Waals surface area contributed by atoms with E-state index in [2.05, 4.69) is 10.6 Å². The summed E-state index contributed by atoms with van der Waals surface area (Å²) in [6.45, 7) is 0. The quantitative estimate of drug-likeness (QED) is 0.310. The Labute approximate surface area is 67.2 Å². The van der Waals surface area contributed by atoms with Crippen molar-refractivity contribution in [2.24, 2.45) is 5.29 Å². The summed E-state index contributed by atoms with van der Waals surface area (Å²) in [5.41, 5.74) is 0. The third kappa shape index (κ3) is 2.84. The van der Waals surface area contributed by atoms with Crippen LogP contribution in [0.3, 0.4) is 0 Å². The van der Waals surface area contributed by atoms with E-state index in [1.807, 2.05) is 0 Å². The maximum atomic E-state index is 10.6. The van der Waals surface area contributed by atoms with E-state index in [1.165, 1.54) is 0 Å². The first-order chi connectivity index (χ1) is 4.76. The Hall–Kier alpha value is -0.550. The van der Waals surface area contributed by atoms with Crippen molar-refractivity contribution in [3.63, 3.8) is 0 Å². The molecule has 7 heteroatoms. The third-order valence-corrected chi connectivity index (χ3v) is 1.02. The highest BCUT2D eigenvalue weighted by molar-refractivity contribution is 6.19. The van der Waals surface area contributed by atoms with E-state index < -0.39 is 6.03 Å². The highest BCUT2D eigenvalue weighted by Gasteiger charge is 2.09. The largest absolute Gasteiger partial charge is 0.342 e. The van der Waals surface area contributed by atoms with Crippen molar-refractivity contribution in [1.29, 1.82) is 0 Å². The lowest BCUT2D eigenvalue weighted by atomic mass is 10.9. The molecule has 5 nitrogen and oxygen atoms in total. The molecule has 0 aromatic carbocycles. The lowest BCUT2D eigenvalue weighted by molar-refractivity contribution is 0.209. The van der Waals surface area contributed by atoms with Crippen LogP contribution in [-0.4, -0.2) is 23.0 Å². The Kier molecular flexibility index (Phi) is 4.96. The first kappa shape index (κ1) is 9.45. The fraction of sp³-hybridized carbons (Fsp3) is 0.667. The molecule has 2 amide bonds. The molecule has 10 heavy (non-hydrogen) atoms. The second-order valence-electron chi connectivity index (χ2n) is 1.22. The Morgan fingerprint density at radius 1 is 1.60 bits per heavy atom. The monoisotopic (exact) mass is 185 g/mol. The molecule has 0 saturated carbocycles. The molecular weight excluding hydrogens is 181 g/mol. The summed E-state index contributed by atoms with van der Waals surface area (Å²) in [6.07, 6.45) is 0. The van der Waals surface area contributed by atoms with Gasteiger partial charge in [0.05, 0.1) is 11.3 Å². The SMILES string of the molecule is O=NN(CCl)C(=O)NCCl. The fourth-order valence-electron chi connectivity index (χ4n) is 0.262. The molecule has 0 rings (SSSR count). The van der Waals surface area contributed by atoms with Crippen LogP contribution in [0.25, 0.3) is 0 Å². The number of amides is 2. The molecule has 0 aliphatic heterocycles. The number of carbonyl (C=O) groups is 1. The molecule has 0 unspecified atom stereocenters. The van der Waals surface area contributed by atoms with Crippen LogP contribution in [0.1, 0.15) is 0 Å². The minimum absolute atomic E-state index is 0.0816. The van der Waals surface area contributed by atoms with Crippen molar-refractivity contribution in [2.75, 3.05) is 12.0 Å². The summed E-state index contributed by atoms with van der Waals surface area (Å²) in [4.78, 5) is 20.3. The molecule has 0 spiro atoms. The van der Waals surface area contributed by atoms with Gasteiger partial charge in [-0.25, -0.2) is 4.79 Å². The molecule has 0 bridgehead atoms. The summed E-state index contributed by atoms with van der Waals surface area (Å²) < 4.78 is 0. The summed E-state index contributed by atoms with van der Waals surface area (Å²) in [5.74, 6) is 0.